The molecule has 198 valence electrons. The van der Waals surface area contributed by atoms with Crippen molar-refractivity contribution in [1.82, 2.24) is 0 Å². The molecular weight excluding hydrogens is 504 g/mol. The molecule has 0 atom stereocenters. The molecule has 1 aliphatic rings. The summed E-state index contributed by atoms with van der Waals surface area (Å²) < 4.78 is 118. The normalized spacial score (nSPS) is 18.2. The van der Waals surface area contributed by atoms with Gasteiger partial charge in [-0.05, 0) is 79.0 Å². The van der Waals surface area contributed by atoms with Crippen molar-refractivity contribution in [3.63, 3.8) is 0 Å². The molecule has 0 spiro atoms. The van der Waals surface area contributed by atoms with E-state index in [4.69, 9.17) is 0 Å². The second-order valence-corrected chi connectivity index (χ2v) is 9.35. The van der Waals surface area contributed by atoms with Gasteiger partial charge in [0.1, 0.15) is 17.1 Å². The Hall–Kier alpha value is -3.10. The summed E-state index contributed by atoms with van der Waals surface area (Å²) in [6.45, 7) is 2.08. The van der Waals surface area contributed by atoms with Gasteiger partial charge in [0.25, 0.3) is 0 Å². The van der Waals surface area contributed by atoms with Gasteiger partial charge >= 0.3 is 6.11 Å². The van der Waals surface area contributed by atoms with E-state index in [0.29, 0.717) is 37.0 Å². The van der Waals surface area contributed by atoms with Crippen molar-refractivity contribution in [2.75, 3.05) is 0 Å². The first-order valence-electron chi connectivity index (χ1n) is 12.0. The number of alkyl halides is 2. The van der Waals surface area contributed by atoms with Crippen molar-refractivity contribution >= 4 is 0 Å². The highest BCUT2D eigenvalue weighted by molar-refractivity contribution is 5.65. The van der Waals surface area contributed by atoms with Crippen LogP contribution in [0.25, 0.3) is 11.1 Å². The van der Waals surface area contributed by atoms with E-state index in [9.17, 15) is 35.1 Å². The summed E-state index contributed by atoms with van der Waals surface area (Å²) in [5, 5.41) is 0. The molecule has 1 fully saturated rings. The lowest BCUT2D eigenvalue weighted by Gasteiger charge is -2.29. The van der Waals surface area contributed by atoms with Crippen molar-refractivity contribution in [2.45, 2.75) is 57.5 Å². The topological polar surface area (TPSA) is 9.23 Å². The quantitative estimate of drug-likeness (QED) is 0.219. The van der Waals surface area contributed by atoms with Gasteiger partial charge in [0.2, 0.25) is 0 Å². The second kappa shape index (κ2) is 10.7. The first-order valence-corrected chi connectivity index (χ1v) is 12.0. The summed E-state index contributed by atoms with van der Waals surface area (Å²) in [6.07, 6.45) is 0.744. The van der Waals surface area contributed by atoms with Gasteiger partial charge < -0.3 is 4.74 Å². The number of benzene rings is 3. The Bertz CT molecular complexity index is 1260. The predicted octanol–water partition coefficient (Wildman–Crippen LogP) is 9.39. The zero-order valence-corrected chi connectivity index (χ0v) is 19.9. The molecule has 4 rings (SSSR count). The maximum absolute atomic E-state index is 14.8. The molecule has 0 heterocycles. The summed E-state index contributed by atoms with van der Waals surface area (Å²) in [6, 6.07) is 5.24. The Balaban J connectivity index is 1.54. The molecule has 0 saturated heterocycles. The number of hydrogen-bond acceptors (Lipinski definition) is 1. The van der Waals surface area contributed by atoms with Crippen molar-refractivity contribution in [2.24, 2.45) is 5.92 Å². The second-order valence-electron chi connectivity index (χ2n) is 9.35. The van der Waals surface area contributed by atoms with Crippen LogP contribution in [0.5, 0.6) is 5.75 Å². The van der Waals surface area contributed by atoms with Crippen molar-refractivity contribution in [3.8, 4) is 16.9 Å². The van der Waals surface area contributed by atoms with E-state index < -0.39 is 57.9 Å². The summed E-state index contributed by atoms with van der Waals surface area (Å²) in [5.74, 6) is -9.66. The fraction of sp³-hybridized carbons (Fsp3) is 0.357. The molecule has 0 bridgehead atoms. The molecule has 0 aromatic heterocycles. The monoisotopic (exact) mass is 528 g/mol. The Morgan fingerprint density at radius 3 is 2.00 bits per heavy atom. The lowest BCUT2D eigenvalue weighted by Crippen LogP contribution is -2.25. The zero-order chi connectivity index (χ0) is 26.9. The molecule has 0 unspecified atom stereocenters. The van der Waals surface area contributed by atoms with Crippen LogP contribution in [0.2, 0.25) is 0 Å². The van der Waals surface area contributed by atoms with E-state index in [1.54, 1.807) is 0 Å². The Morgan fingerprint density at radius 2 is 1.41 bits per heavy atom. The molecule has 0 N–H and O–H groups in total. The first-order chi connectivity index (χ1) is 17.5. The SMILES string of the molecule is CCCC1CCC(c2ccc(C(F)(F)Oc3ccc(-c4cc(F)c(F)c(F)c4)c(F)c3)c(F)c2F)CC1. The van der Waals surface area contributed by atoms with Gasteiger partial charge in [0.05, 0.1) is 0 Å². The van der Waals surface area contributed by atoms with Crippen LogP contribution in [0, 0.1) is 40.8 Å². The van der Waals surface area contributed by atoms with Gasteiger partial charge in [0.15, 0.2) is 29.1 Å². The van der Waals surface area contributed by atoms with Crippen LogP contribution in [0.3, 0.4) is 0 Å². The molecule has 37 heavy (non-hydrogen) atoms. The van der Waals surface area contributed by atoms with Crippen LogP contribution in [0.1, 0.15) is 62.5 Å². The summed E-state index contributed by atoms with van der Waals surface area (Å²) in [4.78, 5) is 0. The first kappa shape index (κ1) is 26.9. The van der Waals surface area contributed by atoms with Gasteiger partial charge in [-0.25, -0.2) is 26.3 Å². The van der Waals surface area contributed by atoms with Gasteiger partial charge in [-0.15, -0.1) is 0 Å². The number of halogens is 8. The van der Waals surface area contributed by atoms with Crippen LogP contribution in [0.15, 0.2) is 42.5 Å². The third-order valence-electron chi connectivity index (χ3n) is 6.89. The van der Waals surface area contributed by atoms with Crippen molar-refractivity contribution in [1.29, 1.82) is 0 Å². The Morgan fingerprint density at radius 1 is 0.757 bits per heavy atom. The molecule has 0 amide bonds. The minimum absolute atomic E-state index is 0.0427. The number of hydrogen-bond donors (Lipinski definition) is 0. The zero-order valence-electron chi connectivity index (χ0n) is 19.9. The predicted molar refractivity (Wildman–Crippen MR) is 122 cm³/mol. The van der Waals surface area contributed by atoms with Gasteiger partial charge in [-0.2, -0.15) is 8.78 Å². The number of rotatable bonds is 7. The Labute approximate surface area is 209 Å². The average molecular weight is 528 g/mol. The molecule has 3 aromatic rings. The molecule has 1 aliphatic carbocycles. The van der Waals surface area contributed by atoms with Crippen LogP contribution in [-0.2, 0) is 6.11 Å². The number of ether oxygens (including phenoxy) is 1. The molecule has 0 radical (unpaired) electrons. The van der Waals surface area contributed by atoms with Gasteiger partial charge in [-0.3, -0.25) is 0 Å². The van der Waals surface area contributed by atoms with E-state index in [-0.39, 0.29) is 17.0 Å². The van der Waals surface area contributed by atoms with Crippen molar-refractivity contribution < 1.29 is 39.9 Å². The summed E-state index contributed by atoms with van der Waals surface area (Å²) >= 11 is 0. The van der Waals surface area contributed by atoms with E-state index in [1.165, 1.54) is 0 Å². The maximum atomic E-state index is 14.8. The highest BCUT2D eigenvalue weighted by Gasteiger charge is 2.40. The molecule has 3 aromatic carbocycles. The molecule has 9 heteroatoms. The van der Waals surface area contributed by atoms with Gasteiger partial charge in [-0.1, -0.05) is 25.8 Å². The lowest BCUT2D eigenvalue weighted by atomic mass is 9.77. The van der Waals surface area contributed by atoms with E-state index >= 15 is 0 Å². The smallest absolute Gasteiger partial charge is 0.429 e. The Kier molecular flexibility index (Phi) is 7.80. The van der Waals surface area contributed by atoms with E-state index in [1.807, 2.05) is 0 Å². The minimum atomic E-state index is -4.36. The van der Waals surface area contributed by atoms with Crippen LogP contribution < -0.4 is 4.74 Å². The van der Waals surface area contributed by atoms with Crippen molar-refractivity contribution in [3.05, 3.63) is 88.5 Å². The van der Waals surface area contributed by atoms with Gasteiger partial charge in [0, 0.05) is 11.6 Å². The lowest BCUT2D eigenvalue weighted by molar-refractivity contribution is -0.187. The fourth-order valence-electron chi connectivity index (χ4n) is 4.98. The largest absolute Gasteiger partial charge is 0.429 e. The third-order valence-corrected chi connectivity index (χ3v) is 6.89. The molecular formula is C28H24F8O. The molecule has 1 nitrogen and oxygen atoms in total. The molecule has 1 saturated carbocycles. The van der Waals surface area contributed by atoms with Crippen LogP contribution >= 0.6 is 0 Å². The van der Waals surface area contributed by atoms with Crippen LogP contribution in [-0.4, -0.2) is 0 Å². The average Bonchev–Trinajstić information content (AvgIpc) is 2.84. The maximum Gasteiger partial charge on any atom is 0.429 e. The standard InChI is InChI=1S/C28H24F8O/c1-2-3-15-4-6-16(7-5-15)20-10-11-21(26(33)25(20)32)28(35,36)37-18-8-9-19(22(29)14-18)17-12-23(30)27(34)24(31)13-17/h8-16H,2-7H2,1H3. The summed E-state index contributed by atoms with van der Waals surface area (Å²) in [5.41, 5.74) is -2.09. The van der Waals surface area contributed by atoms with Crippen LogP contribution in [0.4, 0.5) is 35.1 Å². The minimum Gasteiger partial charge on any atom is -0.429 e. The fourth-order valence-corrected chi connectivity index (χ4v) is 4.98. The van der Waals surface area contributed by atoms with E-state index in [0.717, 1.165) is 49.9 Å². The molecule has 0 aliphatic heterocycles. The third kappa shape index (κ3) is 5.60. The van der Waals surface area contributed by atoms with E-state index in [2.05, 4.69) is 11.7 Å². The summed E-state index contributed by atoms with van der Waals surface area (Å²) in [7, 11) is 0. The highest BCUT2D eigenvalue weighted by atomic mass is 19.3. The highest BCUT2D eigenvalue weighted by Crippen LogP contribution is 2.41.